The Labute approximate surface area is 129 Å². The quantitative estimate of drug-likeness (QED) is 0.488. The summed E-state index contributed by atoms with van der Waals surface area (Å²) >= 11 is 11.6. The van der Waals surface area contributed by atoms with Gasteiger partial charge in [-0.15, -0.1) is 0 Å². The smallest absolute Gasteiger partial charge is 0.341 e. The van der Waals surface area contributed by atoms with Gasteiger partial charge in [0.1, 0.15) is 5.69 Å². The number of benzene rings is 1. The van der Waals surface area contributed by atoms with Crippen molar-refractivity contribution in [2.24, 2.45) is 0 Å². The minimum atomic E-state index is -0.608. The highest BCUT2D eigenvalue weighted by Gasteiger charge is 2.20. The second kappa shape index (κ2) is 6.11. The summed E-state index contributed by atoms with van der Waals surface area (Å²) in [5.41, 5.74) is 0.00470. The van der Waals surface area contributed by atoms with Crippen LogP contribution in [0.15, 0.2) is 24.5 Å². The molecule has 21 heavy (non-hydrogen) atoms. The van der Waals surface area contributed by atoms with Crippen molar-refractivity contribution >= 4 is 34.9 Å². The average molecular weight is 330 g/mol. The van der Waals surface area contributed by atoms with Crippen LogP contribution in [-0.4, -0.2) is 27.3 Å². The number of hydrogen-bond acceptors (Lipinski definition) is 5. The van der Waals surface area contributed by atoms with Crippen LogP contribution in [0, 0.1) is 10.1 Å². The summed E-state index contributed by atoms with van der Waals surface area (Å²) < 4.78 is 6.00. The Hall–Kier alpha value is -2.12. The van der Waals surface area contributed by atoms with Gasteiger partial charge < -0.3 is 4.74 Å². The van der Waals surface area contributed by atoms with Crippen LogP contribution >= 0.6 is 23.2 Å². The molecule has 110 valence electrons. The van der Waals surface area contributed by atoms with Crippen molar-refractivity contribution in [3.05, 3.63) is 50.2 Å². The van der Waals surface area contributed by atoms with Crippen LogP contribution in [0.3, 0.4) is 0 Å². The van der Waals surface area contributed by atoms with Crippen molar-refractivity contribution in [3.8, 4) is 5.69 Å². The van der Waals surface area contributed by atoms with Gasteiger partial charge in [-0.3, -0.25) is 10.1 Å². The fourth-order valence-corrected chi connectivity index (χ4v) is 1.95. The van der Waals surface area contributed by atoms with Gasteiger partial charge in [-0.25, -0.2) is 9.48 Å². The number of ether oxygens (including phenoxy) is 1. The van der Waals surface area contributed by atoms with E-state index in [4.69, 9.17) is 27.9 Å². The van der Waals surface area contributed by atoms with E-state index in [0.29, 0.717) is 0 Å². The van der Waals surface area contributed by atoms with Crippen LogP contribution in [0.4, 0.5) is 5.69 Å². The number of aromatic nitrogens is 2. The Kier molecular flexibility index (Phi) is 4.44. The Morgan fingerprint density at radius 3 is 2.71 bits per heavy atom. The summed E-state index contributed by atoms with van der Waals surface area (Å²) in [6.45, 7) is 1.89. The lowest BCUT2D eigenvalue weighted by atomic mass is 10.2. The van der Waals surface area contributed by atoms with Crippen molar-refractivity contribution in [1.82, 2.24) is 9.78 Å². The molecule has 9 heteroatoms. The summed E-state index contributed by atoms with van der Waals surface area (Å²) in [5, 5.41) is 15.2. The van der Waals surface area contributed by atoms with Crippen LogP contribution in [0.1, 0.15) is 17.3 Å². The minimum Gasteiger partial charge on any atom is -0.462 e. The molecule has 0 saturated heterocycles. The summed E-state index contributed by atoms with van der Waals surface area (Å²) in [7, 11) is 0. The van der Waals surface area contributed by atoms with E-state index < -0.39 is 10.9 Å². The van der Waals surface area contributed by atoms with E-state index in [1.165, 1.54) is 23.1 Å². The number of halogens is 2. The normalized spacial score (nSPS) is 10.4. The first-order chi connectivity index (χ1) is 9.93. The number of nitrogens with zero attached hydrogens (tertiary/aromatic N) is 3. The Morgan fingerprint density at radius 1 is 1.43 bits per heavy atom. The molecule has 2 aromatic rings. The molecule has 2 rings (SSSR count). The van der Waals surface area contributed by atoms with Crippen LogP contribution in [0.5, 0.6) is 0 Å². The average Bonchev–Trinajstić information content (AvgIpc) is 2.91. The molecular weight excluding hydrogens is 321 g/mol. The maximum Gasteiger partial charge on any atom is 0.341 e. The lowest BCUT2D eigenvalue weighted by molar-refractivity contribution is -0.384. The summed E-state index contributed by atoms with van der Waals surface area (Å²) in [4.78, 5) is 22.0. The van der Waals surface area contributed by atoms with Crippen molar-refractivity contribution in [2.75, 3.05) is 6.61 Å². The molecule has 0 amide bonds. The standard InChI is InChI=1S/C12H9Cl2N3O4/c1-2-21-12(18)7-5-15-16(6-7)10-3-8(13)9(14)4-11(10)17(19)20/h3-6H,2H2,1H3. The zero-order chi connectivity index (χ0) is 15.6. The monoisotopic (exact) mass is 329 g/mol. The van der Waals surface area contributed by atoms with Crippen molar-refractivity contribution in [2.45, 2.75) is 6.92 Å². The van der Waals surface area contributed by atoms with E-state index in [0.717, 1.165) is 6.07 Å². The van der Waals surface area contributed by atoms with E-state index in [2.05, 4.69) is 5.10 Å². The summed E-state index contributed by atoms with van der Waals surface area (Å²) in [6.07, 6.45) is 2.58. The molecule has 0 aliphatic heterocycles. The van der Waals surface area contributed by atoms with Crippen LogP contribution in [0.25, 0.3) is 5.69 Å². The number of rotatable bonds is 4. The maximum absolute atomic E-state index is 11.6. The molecule has 0 N–H and O–H groups in total. The molecule has 7 nitrogen and oxygen atoms in total. The molecule has 1 heterocycles. The van der Waals surface area contributed by atoms with Gasteiger partial charge in [-0.05, 0) is 13.0 Å². The summed E-state index contributed by atoms with van der Waals surface area (Å²) in [5.74, 6) is -0.563. The van der Waals surface area contributed by atoms with Gasteiger partial charge in [-0.2, -0.15) is 5.10 Å². The van der Waals surface area contributed by atoms with Crippen LogP contribution in [-0.2, 0) is 4.74 Å². The number of nitro groups is 1. The molecule has 0 saturated carbocycles. The predicted octanol–water partition coefficient (Wildman–Crippen LogP) is 3.26. The zero-order valence-electron chi connectivity index (χ0n) is 10.7. The molecule has 0 bridgehead atoms. The van der Waals surface area contributed by atoms with Gasteiger partial charge in [-0.1, -0.05) is 23.2 Å². The lowest BCUT2D eigenvalue weighted by Gasteiger charge is -2.05. The third kappa shape index (κ3) is 3.14. The van der Waals surface area contributed by atoms with E-state index in [9.17, 15) is 14.9 Å². The topological polar surface area (TPSA) is 87.3 Å². The second-order valence-electron chi connectivity index (χ2n) is 3.91. The van der Waals surface area contributed by atoms with Gasteiger partial charge >= 0.3 is 5.97 Å². The number of esters is 1. The summed E-state index contributed by atoms with van der Waals surface area (Å²) in [6, 6.07) is 2.44. The lowest BCUT2D eigenvalue weighted by Crippen LogP contribution is -2.04. The highest BCUT2D eigenvalue weighted by molar-refractivity contribution is 6.42. The van der Waals surface area contributed by atoms with E-state index in [-0.39, 0.29) is 33.6 Å². The van der Waals surface area contributed by atoms with Gasteiger partial charge in [0.15, 0.2) is 0 Å². The molecule has 1 aromatic carbocycles. The van der Waals surface area contributed by atoms with E-state index >= 15 is 0 Å². The van der Waals surface area contributed by atoms with Gasteiger partial charge in [0.05, 0.1) is 33.3 Å². The van der Waals surface area contributed by atoms with Gasteiger partial charge in [0.25, 0.3) is 5.69 Å². The first-order valence-electron chi connectivity index (χ1n) is 5.79. The molecule has 1 aromatic heterocycles. The zero-order valence-corrected chi connectivity index (χ0v) is 12.3. The second-order valence-corrected chi connectivity index (χ2v) is 4.72. The Bertz CT molecular complexity index is 715. The molecule has 0 aliphatic carbocycles. The van der Waals surface area contributed by atoms with Crippen LogP contribution in [0.2, 0.25) is 10.0 Å². The van der Waals surface area contributed by atoms with E-state index in [1.54, 1.807) is 6.92 Å². The fourth-order valence-electron chi connectivity index (χ4n) is 1.63. The first-order valence-corrected chi connectivity index (χ1v) is 6.55. The first kappa shape index (κ1) is 15.3. The molecule has 0 aliphatic rings. The van der Waals surface area contributed by atoms with Crippen LogP contribution < -0.4 is 0 Å². The highest BCUT2D eigenvalue weighted by Crippen LogP contribution is 2.32. The van der Waals surface area contributed by atoms with Crippen molar-refractivity contribution in [3.63, 3.8) is 0 Å². The highest BCUT2D eigenvalue weighted by atomic mass is 35.5. The number of carbonyl (C=O) groups excluding carboxylic acids is 1. The van der Waals surface area contributed by atoms with Crippen molar-refractivity contribution in [1.29, 1.82) is 0 Å². The molecule has 0 unspecified atom stereocenters. The third-order valence-corrected chi connectivity index (χ3v) is 3.28. The largest absolute Gasteiger partial charge is 0.462 e. The fraction of sp³-hybridized carbons (Fsp3) is 0.167. The molecule has 0 fully saturated rings. The van der Waals surface area contributed by atoms with Gasteiger partial charge in [0, 0.05) is 12.3 Å². The Morgan fingerprint density at radius 2 is 2.10 bits per heavy atom. The number of hydrogen-bond donors (Lipinski definition) is 0. The number of carbonyl (C=O) groups is 1. The maximum atomic E-state index is 11.6. The molecule has 0 atom stereocenters. The van der Waals surface area contributed by atoms with E-state index in [1.807, 2.05) is 0 Å². The third-order valence-electron chi connectivity index (χ3n) is 2.55. The SMILES string of the molecule is CCOC(=O)c1cnn(-c2cc(Cl)c(Cl)cc2[N+](=O)[O-])c1. The van der Waals surface area contributed by atoms with Gasteiger partial charge in [0.2, 0.25) is 0 Å². The predicted molar refractivity (Wildman–Crippen MR) is 76.2 cm³/mol. The Balaban J connectivity index is 2.49. The number of nitro benzene ring substituents is 1. The minimum absolute atomic E-state index is 0.0601. The molecule has 0 spiro atoms. The molecular formula is C12H9Cl2N3O4. The molecule has 0 radical (unpaired) electrons. The van der Waals surface area contributed by atoms with Crippen molar-refractivity contribution < 1.29 is 14.5 Å².